The highest BCUT2D eigenvalue weighted by Crippen LogP contribution is 2.38. The number of carbonyl (C=O) groups is 5. The molecule has 1 aliphatic carbocycles. The van der Waals surface area contributed by atoms with E-state index in [0.29, 0.717) is 34.6 Å². The Morgan fingerprint density at radius 3 is 2.37 bits per heavy atom. The number of ether oxygens (including phenoxy) is 2. The van der Waals surface area contributed by atoms with Crippen molar-refractivity contribution in [2.24, 2.45) is 5.41 Å². The number of Topliss-reactive ketones (excluding diaryl/α,β-unsaturated/α-hetero) is 1. The molecule has 2 fully saturated rings. The molecule has 0 radical (unpaired) electrons. The van der Waals surface area contributed by atoms with E-state index in [-0.39, 0.29) is 25.4 Å². The van der Waals surface area contributed by atoms with Crippen LogP contribution in [0.3, 0.4) is 0 Å². The van der Waals surface area contributed by atoms with Crippen molar-refractivity contribution in [3.05, 3.63) is 36.5 Å². The van der Waals surface area contributed by atoms with E-state index in [0.717, 1.165) is 19.1 Å². The van der Waals surface area contributed by atoms with Crippen LogP contribution in [0.5, 0.6) is 11.5 Å². The van der Waals surface area contributed by atoms with Gasteiger partial charge in [0, 0.05) is 47.9 Å². The summed E-state index contributed by atoms with van der Waals surface area (Å²) >= 11 is 0. The van der Waals surface area contributed by atoms with E-state index in [1.54, 1.807) is 44.5 Å². The summed E-state index contributed by atoms with van der Waals surface area (Å²) in [7, 11) is 1.55. The second-order valence-electron chi connectivity index (χ2n) is 16.4. The lowest BCUT2D eigenvalue weighted by Crippen LogP contribution is -2.61. The zero-order chi connectivity index (χ0) is 40.0. The van der Waals surface area contributed by atoms with Crippen LogP contribution in [0.15, 0.2) is 36.5 Å². The van der Waals surface area contributed by atoms with Gasteiger partial charge in [-0.3, -0.25) is 19.2 Å². The fourth-order valence-corrected chi connectivity index (χ4v) is 6.29. The van der Waals surface area contributed by atoms with E-state index in [1.807, 2.05) is 48.5 Å². The number of ketones is 1. The molecule has 1 aromatic heterocycles. The van der Waals surface area contributed by atoms with Crippen LogP contribution < -0.4 is 36.1 Å². The number of anilines is 1. The first-order valence-corrected chi connectivity index (χ1v) is 18.4. The first-order valence-electron chi connectivity index (χ1n) is 18.4. The maximum Gasteiger partial charge on any atom is 0.315 e. The van der Waals surface area contributed by atoms with Crippen molar-refractivity contribution < 1.29 is 33.4 Å². The first-order chi connectivity index (χ1) is 25.3. The molecule has 6 N–H and O–H groups in total. The molecule has 294 valence electrons. The maximum absolute atomic E-state index is 14.7. The van der Waals surface area contributed by atoms with E-state index >= 15 is 0 Å². The van der Waals surface area contributed by atoms with Crippen LogP contribution in [-0.4, -0.2) is 94.6 Å². The van der Waals surface area contributed by atoms with Gasteiger partial charge in [0.15, 0.2) is 0 Å². The predicted octanol–water partition coefficient (Wildman–Crippen LogP) is 4.20. The number of benzene rings is 1. The van der Waals surface area contributed by atoms with Gasteiger partial charge < -0.3 is 46.4 Å². The van der Waals surface area contributed by atoms with Crippen LogP contribution >= 0.6 is 0 Å². The summed E-state index contributed by atoms with van der Waals surface area (Å²) in [5.74, 6) is -1.20. The molecule has 15 heteroatoms. The van der Waals surface area contributed by atoms with Crippen LogP contribution in [-0.2, 0) is 19.2 Å². The molecule has 54 heavy (non-hydrogen) atoms. The number of methoxy groups -OCH3 is 1. The number of hydrogen-bond donors (Lipinski definition) is 6. The lowest BCUT2D eigenvalue weighted by molar-refractivity contribution is -0.144. The second-order valence-corrected chi connectivity index (χ2v) is 16.4. The summed E-state index contributed by atoms with van der Waals surface area (Å²) < 4.78 is 12.2. The minimum atomic E-state index is -1.16. The van der Waals surface area contributed by atoms with Crippen molar-refractivity contribution in [3.8, 4) is 11.5 Å². The molecule has 15 nitrogen and oxygen atoms in total. The standard InChI is InChI=1S/C39H56N8O7/c1-10-12-26(31(48)34(50)42-23-13-14-23)44-33(49)28-21-39(8,22-47(28)35(51)32(37(2,3)4)45-36(52)46-38(5,6)7)54-29-20-30(41-18-11-17-40)43-27-19-24(53-9)15-16-25(27)29/h11,15-20,23,26,28,32,40H,10,12-14,21-22H2,1-9H3,(H,41,43)(H,42,50)(H,44,49)(H2,45,46,52)/b18-11-,40-17?/t26-,28-,32+,39-/m0/s1. The van der Waals surface area contributed by atoms with Crippen molar-refractivity contribution in [1.82, 2.24) is 31.2 Å². The van der Waals surface area contributed by atoms with Crippen LogP contribution in [0.2, 0.25) is 0 Å². The van der Waals surface area contributed by atoms with Gasteiger partial charge in [-0.1, -0.05) is 34.1 Å². The molecule has 2 aromatic rings. The van der Waals surface area contributed by atoms with Crippen LogP contribution in [0, 0.1) is 10.8 Å². The fraction of sp³-hybridized carbons (Fsp3) is 0.564. The number of nitrogens with zero attached hydrogens (tertiary/aromatic N) is 2. The van der Waals surface area contributed by atoms with E-state index in [4.69, 9.17) is 14.9 Å². The number of pyridine rings is 1. The van der Waals surface area contributed by atoms with Gasteiger partial charge in [-0.05, 0) is 70.6 Å². The molecule has 1 saturated heterocycles. The molecule has 4 rings (SSSR count). The Kier molecular flexibility index (Phi) is 13.0. The number of aromatic nitrogens is 1. The summed E-state index contributed by atoms with van der Waals surface area (Å²) in [4.78, 5) is 74.2. The highest BCUT2D eigenvalue weighted by molar-refractivity contribution is 6.38. The number of nitrogens with one attached hydrogen (secondary N) is 6. The summed E-state index contributed by atoms with van der Waals surface area (Å²) in [5, 5.41) is 22.2. The Morgan fingerprint density at radius 2 is 1.78 bits per heavy atom. The minimum Gasteiger partial charge on any atom is -0.497 e. The molecular weight excluding hydrogens is 692 g/mol. The molecule has 2 aliphatic rings. The Balaban J connectivity index is 1.73. The highest BCUT2D eigenvalue weighted by atomic mass is 16.5. The number of likely N-dealkylation sites (tertiary alicyclic amines) is 1. The third-order valence-corrected chi connectivity index (χ3v) is 9.07. The molecule has 0 unspecified atom stereocenters. The molecule has 1 aromatic carbocycles. The number of hydrogen-bond acceptors (Lipinski definition) is 10. The monoisotopic (exact) mass is 748 g/mol. The normalized spacial score (nSPS) is 19.8. The van der Waals surface area contributed by atoms with Gasteiger partial charge in [0.1, 0.15) is 35.0 Å². The van der Waals surface area contributed by atoms with Crippen molar-refractivity contribution in [3.63, 3.8) is 0 Å². The number of rotatable bonds is 15. The summed E-state index contributed by atoms with van der Waals surface area (Å²) in [6.45, 7) is 14.5. The van der Waals surface area contributed by atoms with Gasteiger partial charge in [-0.15, -0.1) is 0 Å². The zero-order valence-corrected chi connectivity index (χ0v) is 32.8. The number of fused-ring (bicyclic) bond motifs is 1. The molecule has 4 atom stereocenters. The topological polar surface area (TPSA) is 204 Å². The quantitative estimate of drug-likeness (QED) is 0.114. The van der Waals surface area contributed by atoms with E-state index in [2.05, 4.69) is 31.6 Å². The van der Waals surface area contributed by atoms with Crippen molar-refractivity contribution in [2.45, 2.75) is 123 Å². The number of urea groups is 1. The molecule has 2 heterocycles. The number of carbonyl (C=O) groups excluding carboxylic acids is 5. The molecule has 1 saturated carbocycles. The molecule has 0 bridgehead atoms. The van der Waals surface area contributed by atoms with E-state index < -0.39 is 64.2 Å². The minimum absolute atomic E-state index is 0.0212. The predicted molar refractivity (Wildman–Crippen MR) is 207 cm³/mol. The van der Waals surface area contributed by atoms with Gasteiger partial charge >= 0.3 is 6.03 Å². The second kappa shape index (κ2) is 16.9. The summed E-state index contributed by atoms with van der Waals surface area (Å²) in [5.41, 5.74) is -1.96. The van der Waals surface area contributed by atoms with Gasteiger partial charge in [0.2, 0.25) is 17.6 Å². The molecule has 5 amide bonds. The highest BCUT2D eigenvalue weighted by Gasteiger charge is 2.51. The van der Waals surface area contributed by atoms with E-state index in [9.17, 15) is 24.0 Å². The summed E-state index contributed by atoms with van der Waals surface area (Å²) in [6.07, 6.45) is 6.54. The van der Waals surface area contributed by atoms with Gasteiger partial charge in [0.25, 0.3) is 5.91 Å². The Hall–Kier alpha value is -5.21. The van der Waals surface area contributed by atoms with E-state index in [1.165, 1.54) is 11.0 Å². The Morgan fingerprint density at radius 1 is 1.07 bits per heavy atom. The lowest BCUT2D eigenvalue weighted by Gasteiger charge is -2.36. The van der Waals surface area contributed by atoms with Gasteiger partial charge in [-0.2, -0.15) is 0 Å². The average molecular weight is 749 g/mol. The molecule has 1 aliphatic heterocycles. The van der Waals surface area contributed by atoms with Crippen LogP contribution in [0.1, 0.15) is 87.5 Å². The van der Waals surface area contributed by atoms with Gasteiger partial charge in [0.05, 0.1) is 25.2 Å². The smallest absolute Gasteiger partial charge is 0.315 e. The summed E-state index contributed by atoms with van der Waals surface area (Å²) in [6, 6.07) is 3.17. The van der Waals surface area contributed by atoms with Crippen molar-refractivity contribution in [1.29, 1.82) is 5.41 Å². The third kappa shape index (κ3) is 10.9. The van der Waals surface area contributed by atoms with Crippen molar-refractivity contribution in [2.75, 3.05) is 19.0 Å². The zero-order valence-electron chi connectivity index (χ0n) is 32.8. The van der Waals surface area contributed by atoms with Gasteiger partial charge in [-0.25, -0.2) is 9.78 Å². The molecular formula is C39H56N8O7. The van der Waals surface area contributed by atoms with Crippen molar-refractivity contribution >= 4 is 52.5 Å². The number of amides is 5. The SMILES string of the molecule is CCC[C@H](NC(=O)[C@@H]1C[C@](C)(Oc2cc(N/C=C\C=N)nc3cc(OC)ccc23)CN1C(=O)[C@@H](NC(=O)NC(C)(C)C)C(C)(C)C)C(=O)C(=O)NC1CC1. The molecule has 0 spiro atoms. The van der Waals surface area contributed by atoms with Crippen LogP contribution in [0.25, 0.3) is 10.9 Å². The Bertz CT molecular complexity index is 1780. The van der Waals surface area contributed by atoms with Crippen LogP contribution in [0.4, 0.5) is 10.6 Å². The maximum atomic E-state index is 14.7. The first kappa shape index (κ1) is 41.5. The fourth-order valence-electron chi connectivity index (χ4n) is 6.29. The third-order valence-electron chi connectivity index (χ3n) is 9.07. The average Bonchev–Trinajstić information content (AvgIpc) is 3.83. The Labute approximate surface area is 317 Å². The largest absolute Gasteiger partial charge is 0.497 e. The number of allylic oxidation sites excluding steroid dienone is 1. The lowest BCUT2D eigenvalue weighted by atomic mass is 9.85.